The molecule has 7 rings (SSSR count). The van der Waals surface area contributed by atoms with E-state index in [4.69, 9.17) is 4.42 Å². The molecular weight excluding hydrogens is 412 g/mol. The summed E-state index contributed by atoms with van der Waals surface area (Å²) in [4.78, 5) is 0. The zero-order chi connectivity index (χ0) is 22.6. The molecule has 7 aromatic rings. The lowest BCUT2D eigenvalue weighted by molar-refractivity contribution is 0.669. The van der Waals surface area contributed by atoms with Crippen molar-refractivity contribution in [3.63, 3.8) is 0 Å². The van der Waals surface area contributed by atoms with Crippen LogP contribution >= 0.6 is 0 Å². The molecule has 0 atom stereocenters. The lowest BCUT2D eigenvalue weighted by Gasteiger charge is -2.08. The van der Waals surface area contributed by atoms with Gasteiger partial charge in [0.25, 0.3) is 0 Å². The molecule has 0 spiro atoms. The van der Waals surface area contributed by atoms with Crippen LogP contribution in [0.15, 0.2) is 120 Å². The number of aryl methyl sites for hydroxylation is 1. The second-order valence-corrected chi connectivity index (χ2v) is 9.08. The Morgan fingerprint density at radius 2 is 1.26 bits per heavy atom. The Bertz CT molecular complexity index is 1870. The minimum absolute atomic E-state index is 0.922. The van der Waals surface area contributed by atoms with Crippen LogP contribution in [0.5, 0.6) is 0 Å². The van der Waals surface area contributed by atoms with Crippen molar-refractivity contribution in [3.05, 3.63) is 121 Å². The van der Waals surface area contributed by atoms with E-state index in [1.165, 1.54) is 54.7 Å². The van der Waals surface area contributed by atoms with Crippen LogP contribution in [0.4, 0.5) is 0 Å². The molecule has 0 fully saturated rings. The molecule has 1 heterocycles. The van der Waals surface area contributed by atoms with E-state index in [1.54, 1.807) is 0 Å². The first kappa shape index (κ1) is 19.1. The summed E-state index contributed by atoms with van der Waals surface area (Å²) in [7, 11) is 0. The number of fused-ring (bicyclic) bond motifs is 6. The average Bonchev–Trinajstić information content (AvgIpc) is 3.26. The molecule has 0 aliphatic rings. The average molecular weight is 435 g/mol. The van der Waals surface area contributed by atoms with Gasteiger partial charge in [0, 0.05) is 10.8 Å². The highest BCUT2D eigenvalue weighted by Gasteiger charge is 2.14. The monoisotopic (exact) mass is 434 g/mol. The van der Waals surface area contributed by atoms with Crippen LogP contribution in [0, 0.1) is 6.92 Å². The van der Waals surface area contributed by atoms with Crippen LogP contribution in [0.25, 0.3) is 65.7 Å². The van der Waals surface area contributed by atoms with E-state index in [1.807, 2.05) is 0 Å². The van der Waals surface area contributed by atoms with Gasteiger partial charge in [-0.15, -0.1) is 0 Å². The molecule has 0 N–H and O–H groups in total. The maximum atomic E-state index is 6.25. The number of rotatable bonds is 2. The molecule has 0 bridgehead atoms. The van der Waals surface area contributed by atoms with Gasteiger partial charge in [-0.3, -0.25) is 0 Å². The summed E-state index contributed by atoms with van der Waals surface area (Å²) in [6.07, 6.45) is 0. The summed E-state index contributed by atoms with van der Waals surface area (Å²) in [5.41, 5.74) is 7.95. The minimum Gasteiger partial charge on any atom is -0.456 e. The van der Waals surface area contributed by atoms with E-state index < -0.39 is 0 Å². The molecule has 0 saturated heterocycles. The fourth-order valence-corrected chi connectivity index (χ4v) is 5.25. The third-order valence-electron chi connectivity index (χ3n) is 6.90. The highest BCUT2D eigenvalue weighted by molar-refractivity contribution is 6.14. The van der Waals surface area contributed by atoms with Crippen LogP contribution in [-0.4, -0.2) is 0 Å². The molecule has 1 heteroatoms. The fraction of sp³-hybridized carbons (Fsp3) is 0.0303. The van der Waals surface area contributed by atoms with Gasteiger partial charge in [-0.05, 0) is 75.0 Å². The molecule has 0 unspecified atom stereocenters. The molecule has 1 aromatic heterocycles. The summed E-state index contributed by atoms with van der Waals surface area (Å²) in [6.45, 7) is 2.14. The highest BCUT2D eigenvalue weighted by atomic mass is 16.3. The van der Waals surface area contributed by atoms with Crippen molar-refractivity contribution in [3.8, 4) is 22.3 Å². The van der Waals surface area contributed by atoms with Gasteiger partial charge in [0.2, 0.25) is 0 Å². The van der Waals surface area contributed by atoms with E-state index in [2.05, 4.69) is 122 Å². The number of benzene rings is 6. The molecule has 0 amide bonds. The molecule has 34 heavy (non-hydrogen) atoms. The lowest BCUT2D eigenvalue weighted by atomic mass is 9.95. The molecule has 0 saturated carbocycles. The summed E-state index contributed by atoms with van der Waals surface area (Å²) in [5.74, 6) is 0. The van der Waals surface area contributed by atoms with Gasteiger partial charge >= 0.3 is 0 Å². The molecule has 6 aromatic carbocycles. The van der Waals surface area contributed by atoms with Crippen molar-refractivity contribution < 1.29 is 4.42 Å². The Morgan fingerprint density at radius 1 is 0.471 bits per heavy atom. The zero-order valence-electron chi connectivity index (χ0n) is 18.9. The first-order valence-electron chi connectivity index (χ1n) is 11.7. The van der Waals surface area contributed by atoms with Crippen molar-refractivity contribution in [2.75, 3.05) is 0 Å². The summed E-state index contributed by atoms with van der Waals surface area (Å²) in [5, 5.41) is 7.45. The fourth-order valence-electron chi connectivity index (χ4n) is 5.25. The van der Waals surface area contributed by atoms with E-state index in [0.717, 1.165) is 16.6 Å². The Labute approximate surface area is 197 Å². The smallest absolute Gasteiger partial charge is 0.136 e. The topological polar surface area (TPSA) is 13.1 Å². The number of furan rings is 1. The summed E-state index contributed by atoms with van der Waals surface area (Å²) < 4.78 is 6.25. The Morgan fingerprint density at radius 3 is 2.21 bits per heavy atom. The number of hydrogen-bond acceptors (Lipinski definition) is 1. The molecule has 1 nitrogen and oxygen atoms in total. The lowest BCUT2D eigenvalue weighted by Crippen LogP contribution is -1.83. The summed E-state index contributed by atoms with van der Waals surface area (Å²) >= 11 is 0. The van der Waals surface area contributed by atoms with Crippen molar-refractivity contribution in [2.24, 2.45) is 0 Å². The predicted molar refractivity (Wildman–Crippen MR) is 144 cm³/mol. The molecule has 0 aliphatic heterocycles. The van der Waals surface area contributed by atoms with Gasteiger partial charge in [-0.2, -0.15) is 0 Å². The quantitative estimate of drug-likeness (QED) is 0.247. The van der Waals surface area contributed by atoms with Crippen molar-refractivity contribution in [2.45, 2.75) is 6.92 Å². The molecule has 160 valence electrons. The summed E-state index contributed by atoms with van der Waals surface area (Å²) in [6, 6.07) is 41.4. The third kappa shape index (κ3) is 2.94. The van der Waals surface area contributed by atoms with E-state index in [0.29, 0.717) is 0 Å². The standard InChI is InChI=1S/C33H22O/c1-21-6-4-8-25(18-21)29-10-5-11-32-33(29)30-20-24(15-17-31(30)34-32)23-14-16-28-26(19-23)13-12-22-7-2-3-9-27(22)28/h2-20H,1H3. The van der Waals surface area contributed by atoms with E-state index >= 15 is 0 Å². The zero-order valence-corrected chi connectivity index (χ0v) is 18.9. The molecule has 0 aliphatic carbocycles. The van der Waals surface area contributed by atoms with Gasteiger partial charge in [-0.25, -0.2) is 0 Å². The van der Waals surface area contributed by atoms with Crippen LogP contribution in [0.2, 0.25) is 0 Å². The van der Waals surface area contributed by atoms with Gasteiger partial charge in [-0.1, -0.05) is 96.6 Å². The molecule has 0 radical (unpaired) electrons. The first-order valence-corrected chi connectivity index (χ1v) is 11.7. The van der Waals surface area contributed by atoms with Crippen LogP contribution in [0.3, 0.4) is 0 Å². The SMILES string of the molecule is Cc1cccc(-c2cccc3oc4ccc(-c5ccc6c(ccc7ccccc76)c5)cc4c23)c1. The van der Waals surface area contributed by atoms with Crippen molar-refractivity contribution in [1.29, 1.82) is 0 Å². The van der Waals surface area contributed by atoms with E-state index in [-0.39, 0.29) is 0 Å². The molecular formula is C33H22O. The highest BCUT2D eigenvalue weighted by Crippen LogP contribution is 2.39. The van der Waals surface area contributed by atoms with Crippen LogP contribution < -0.4 is 0 Å². The van der Waals surface area contributed by atoms with Gasteiger partial charge in [0.1, 0.15) is 11.2 Å². The minimum atomic E-state index is 0.922. The predicted octanol–water partition coefficient (Wildman–Crippen LogP) is 9.53. The van der Waals surface area contributed by atoms with Crippen molar-refractivity contribution >= 4 is 43.5 Å². The van der Waals surface area contributed by atoms with Crippen LogP contribution in [-0.2, 0) is 0 Å². The second kappa shape index (κ2) is 7.33. The van der Waals surface area contributed by atoms with Gasteiger partial charge < -0.3 is 4.42 Å². The number of hydrogen-bond donors (Lipinski definition) is 0. The first-order chi connectivity index (χ1) is 16.7. The van der Waals surface area contributed by atoms with Gasteiger partial charge in [0.15, 0.2) is 0 Å². The van der Waals surface area contributed by atoms with Gasteiger partial charge in [0.05, 0.1) is 0 Å². The largest absolute Gasteiger partial charge is 0.456 e. The normalized spacial score (nSPS) is 11.7. The maximum Gasteiger partial charge on any atom is 0.136 e. The van der Waals surface area contributed by atoms with Crippen molar-refractivity contribution in [1.82, 2.24) is 0 Å². The Kier molecular flexibility index (Phi) is 4.13. The van der Waals surface area contributed by atoms with Crippen LogP contribution in [0.1, 0.15) is 5.56 Å². The second-order valence-electron chi connectivity index (χ2n) is 9.08. The Hall–Kier alpha value is -4.36. The third-order valence-corrected chi connectivity index (χ3v) is 6.90. The van der Waals surface area contributed by atoms with E-state index in [9.17, 15) is 0 Å². The Balaban J connectivity index is 1.44. The maximum absolute atomic E-state index is 6.25.